The maximum Gasteiger partial charge on any atom is 0.219 e. The molecular weight excluding hydrogens is 210 g/mol. The maximum absolute atomic E-state index is 11.1. The number of benzene rings is 1. The molecule has 0 saturated carbocycles. The number of hydrogen-bond acceptors (Lipinski definition) is 2. The Morgan fingerprint density at radius 3 is 2.40 bits per heavy atom. The van der Waals surface area contributed by atoms with Gasteiger partial charge in [-0.25, -0.2) is 0 Å². The van der Waals surface area contributed by atoms with Gasteiger partial charge < -0.3 is 5.32 Å². The van der Waals surface area contributed by atoms with Crippen LogP contribution in [-0.2, 0) is 22.1 Å². The molecule has 0 aromatic heterocycles. The molecule has 0 spiro atoms. The fraction of sp³-hybridized carbons (Fsp3) is 0.364. The molecule has 0 aliphatic heterocycles. The third-order valence-electron chi connectivity index (χ3n) is 2.07. The van der Waals surface area contributed by atoms with Crippen molar-refractivity contribution in [2.24, 2.45) is 0 Å². The smallest absolute Gasteiger partial charge is 0.219 e. The van der Waals surface area contributed by atoms with E-state index in [4.69, 9.17) is 0 Å². The number of nitrogens with one attached hydrogen (secondary N) is 1. The van der Waals surface area contributed by atoms with Gasteiger partial charge in [-0.05, 0) is 17.7 Å². The van der Waals surface area contributed by atoms with Crippen LogP contribution in [0.1, 0.15) is 18.9 Å². The van der Waals surface area contributed by atoms with Crippen LogP contribution in [0.5, 0.6) is 0 Å². The lowest BCUT2D eigenvalue weighted by molar-refractivity contribution is -0.120. The van der Waals surface area contributed by atoms with Crippen molar-refractivity contribution in [2.75, 3.05) is 6.26 Å². The Morgan fingerprint density at radius 2 is 1.93 bits per heavy atom. The predicted octanol–water partition coefficient (Wildman–Crippen LogP) is 1.45. The molecule has 1 amide bonds. The second-order valence-electron chi connectivity index (χ2n) is 3.23. The summed E-state index contributed by atoms with van der Waals surface area (Å²) in [7, 11) is -0.939. The van der Waals surface area contributed by atoms with Crippen LogP contribution in [0.25, 0.3) is 0 Å². The van der Waals surface area contributed by atoms with E-state index in [1.165, 1.54) is 0 Å². The number of hydrogen-bond donors (Lipinski definition) is 1. The van der Waals surface area contributed by atoms with Crippen LogP contribution in [0, 0.1) is 0 Å². The fourth-order valence-electron chi connectivity index (χ4n) is 1.12. The van der Waals surface area contributed by atoms with Crippen molar-refractivity contribution in [1.29, 1.82) is 0 Å². The van der Waals surface area contributed by atoms with Crippen molar-refractivity contribution in [1.82, 2.24) is 5.32 Å². The van der Waals surface area contributed by atoms with E-state index in [1.54, 1.807) is 6.26 Å². The minimum atomic E-state index is -0.939. The van der Waals surface area contributed by atoms with Gasteiger partial charge in [0, 0.05) is 34.9 Å². The third kappa shape index (κ3) is 3.83. The molecule has 1 aromatic carbocycles. The van der Waals surface area contributed by atoms with E-state index >= 15 is 0 Å². The standard InChI is InChI=1S/C11H15NO2S/c1-3-11(13)12-8-9-4-6-10(7-5-9)15(2)14/h4-7H,3,8H2,1-2H3,(H,12,13). The molecule has 1 aromatic rings. The average molecular weight is 225 g/mol. The van der Waals surface area contributed by atoms with Crippen molar-refractivity contribution in [2.45, 2.75) is 24.8 Å². The molecular formula is C11H15NO2S. The van der Waals surface area contributed by atoms with Crippen molar-refractivity contribution < 1.29 is 9.00 Å². The lowest BCUT2D eigenvalue weighted by atomic mass is 10.2. The van der Waals surface area contributed by atoms with E-state index < -0.39 is 10.8 Å². The number of carbonyl (C=O) groups excluding carboxylic acids is 1. The number of carbonyl (C=O) groups is 1. The zero-order valence-electron chi connectivity index (χ0n) is 8.95. The molecule has 0 saturated heterocycles. The zero-order valence-corrected chi connectivity index (χ0v) is 9.76. The van der Waals surface area contributed by atoms with Gasteiger partial charge in [-0.1, -0.05) is 19.1 Å². The molecule has 0 bridgehead atoms. The van der Waals surface area contributed by atoms with Gasteiger partial charge in [0.1, 0.15) is 0 Å². The average Bonchev–Trinajstić information content (AvgIpc) is 2.26. The highest BCUT2D eigenvalue weighted by Crippen LogP contribution is 2.07. The highest BCUT2D eigenvalue weighted by Gasteiger charge is 1.99. The minimum Gasteiger partial charge on any atom is -0.352 e. The van der Waals surface area contributed by atoms with Gasteiger partial charge in [-0.2, -0.15) is 0 Å². The molecule has 1 rings (SSSR count). The fourth-order valence-corrected chi connectivity index (χ4v) is 1.64. The van der Waals surface area contributed by atoms with Gasteiger partial charge in [0.25, 0.3) is 0 Å². The second kappa shape index (κ2) is 5.66. The SMILES string of the molecule is CCC(=O)NCc1ccc(S(C)=O)cc1. The molecule has 15 heavy (non-hydrogen) atoms. The molecule has 0 aliphatic rings. The van der Waals surface area contributed by atoms with E-state index in [0.717, 1.165) is 10.5 Å². The molecule has 82 valence electrons. The first-order chi connectivity index (χ1) is 7.13. The molecule has 0 heterocycles. The Labute approximate surface area is 92.3 Å². The Morgan fingerprint density at radius 1 is 1.33 bits per heavy atom. The Hall–Kier alpha value is -1.16. The first kappa shape index (κ1) is 11.9. The summed E-state index contributed by atoms with van der Waals surface area (Å²) in [4.78, 5) is 11.8. The highest BCUT2D eigenvalue weighted by molar-refractivity contribution is 7.84. The van der Waals surface area contributed by atoms with Crippen LogP contribution < -0.4 is 5.32 Å². The Balaban J connectivity index is 2.57. The summed E-state index contributed by atoms with van der Waals surface area (Å²) in [5.74, 6) is 0.0399. The van der Waals surface area contributed by atoms with E-state index in [2.05, 4.69) is 5.32 Å². The monoisotopic (exact) mass is 225 g/mol. The summed E-state index contributed by atoms with van der Waals surface area (Å²) >= 11 is 0. The van der Waals surface area contributed by atoms with Gasteiger partial charge in [0.05, 0.1) is 0 Å². The quantitative estimate of drug-likeness (QED) is 0.843. The van der Waals surface area contributed by atoms with Crippen molar-refractivity contribution >= 4 is 16.7 Å². The maximum atomic E-state index is 11.1. The molecule has 1 atom stereocenters. The first-order valence-corrected chi connectivity index (χ1v) is 6.38. The highest BCUT2D eigenvalue weighted by atomic mass is 32.2. The number of amides is 1. The predicted molar refractivity (Wildman–Crippen MR) is 60.9 cm³/mol. The zero-order chi connectivity index (χ0) is 11.3. The molecule has 0 fully saturated rings. The molecule has 0 aliphatic carbocycles. The van der Waals surface area contributed by atoms with Crippen molar-refractivity contribution in [3.63, 3.8) is 0 Å². The van der Waals surface area contributed by atoms with E-state index in [0.29, 0.717) is 13.0 Å². The normalized spacial score (nSPS) is 12.1. The minimum absolute atomic E-state index is 0.0399. The van der Waals surface area contributed by atoms with Crippen LogP contribution in [0.2, 0.25) is 0 Å². The van der Waals surface area contributed by atoms with Crippen molar-refractivity contribution in [3.8, 4) is 0 Å². The Bertz CT molecular complexity index is 359. The van der Waals surface area contributed by atoms with Crippen LogP contribution in [0.15, 0.2) is 29.2 Å². The van der Waals surface area contributed by atoms with Gasteiger partial charge in [-0.3, -0.25) is 9.00 Å². The summed E-state index contributed by atoms with van der Waals surface area (Å²) in [6, 6.07) is 7.41. The molecule has 3 nitrogen and oxygen atoms in total. The van der Waals surface area contributed by atoms with E-state index in [9.17, 15) is 9.00 Å². The topological polar surface area (TPSA) is 46.2 Å². The summed E-state index contributed by atoms with van der Waals surface area (Å²) in [6.07, 6.45) is 2.14. The largest absolute Gasteiger partial charge is 0.352 e. The lowest BCUT2D eigenvalue weighted by Gasteiger charge is -2.04. The van der Waals surface area contributed by atoms with Crippen molar-refractivity contribution in [3.05, 3.63) is 29.8 Å². The summed E-state index contributed by atoms with van der Waals surface area (Å²) in [6.45, 7) is 2.35. The van der Waals surface area contributed by atoms with E-state index in [-0.39, 0.29) is 5.91 Å². The molecule has 1 unspecified atom stereocenters. The van der Waals surface area contributed by atoms with Gasteiger partial charge >= 0.3 is 0 Å². The second-order valence-corrected chi connectivity index (χ2v) is 4.61. The molecule has 4 heteroatoms. The van der Waals surface area contributed by atoms with Crippen LogP contribution in [0.4, 0.5) is 0 Å². The first-order valence-electron chi connectivity index (χ1n) is 4.82. The van der Waals surface area contributed by atoms with E-state index in [1.807, 2.05) is 31.2 Å². The summed E-state index contributed by atoms with van der Waals surface area (Å²) < 4.78 is 11.1. The summed E-state index contributed by atoms with van der Waals surface area (Å²) in [5.41, 5.74) is 1.02. The molecule has 0 radical (unpaired) electrons. The van der Waals surface area contributed by atoms with Crippen LogP contribution in [-0.4, -0.2) is 16.4 Å². The molecule has 1 N–H and O–H groups in total. The Kier molecular flexibility index (Phi) is 4.49. The summed E-state index contributed by atoms with van der Waals surface area (Å²) in [5, 5.41) is 2.78. The lowest BCUT2D eigenvalue weighted by Crippen LogP contribution is -2.21. The third-order valence-corrected chi connectivity index (χ3v) is 3.00. The van der Waals surface area contributed by atoms with Gasteiger partial charge in [-0.15, -0.1) is 0 Å². The van der Waals surface area contributed by atoms with Gasteiger partial charge in [0.2, 0.25) is 5.91 Å². The van der Waals surface area contributed by atoms with Gasteiger partial charge in [0.15, 0.2) is 0 Å². The van der Waals surface area contributed by atoms with Crippen LogP contribution in [0.3, 0.4) is 0 Å². The number of rotatable bonds is 4. The van der Waals surface area contributed by atoms with Crippen LogP contribution >= 0.6 is 0 Å².